The van der Waals surface area contributed by atoms with E-state index in [1.807, 2.05) is 0 Å². The average molecular weight is 172 g/mol. The topological polar surface area (TPSA) is 0 Å². The summed E-state index contributed by atoms with van der Waals surface area (Å²) in [7, 11) is 0. The first kappa shape index (κ1) is 630. The molecule has 0 saturated carbocycles. The van der Waals surface area contributed by atoms with Crippen molar-refractivity contribution in [3.63, 3.8) is 0 Å². The summed E-state index contributed by atoms with van der Waals surface area (Å²) in [5.41, 5.74) is 0. The van der Waals surface area contributed by atoms with Crippen LogP contribution in [-0.2, 0) is 21.1 Å². The third kappa shape index (κ3) is 153. The molecule has 0 amide bonds. The van der Waals surface area contributed by atoms with E-state index in [1.54, 1.807) is 0 Å². The summed E-state index contributed by atoms with van der Waals surface area (Å²) in [6.45, 7) is 0. The number of rotatable bonds is 0. The van der Waals surface area contributed by atoms with Gasteiger partial charge in [-0.05, 0) is 0 Å². The van der Waals surface area contributed by atoms with Gasteiger partial charge in [0.25, 0.3) is 0 Å². The number of hydrogen-bond donors (Lipinski definition) is 0. The van der Waals surface area contributed by atoms with Crippen LogP contribution < -0.4 is 18.8 Å². The van der Waals surface area contributed by atoms with Gasteiger partial charge >= 0.3 is 0 Å². The molecule has 38 valence electrons. The van der Waals surface area contributed by atoms with E-state index in [4.69, 9.17) is 0 Å². The maximum Gasteiger partial charge on any atom is 0 e. The Morgan fingerprint density at radius 2 is 0.400 bits per heavy atom. The minimum Gasteiger partial charge on any atom is -1.00 e. The zero-order chi connectivity index (χ0) is 0. The fourth-order valence-corrected chi connectivity index (χ4v) is 0. The summed E-state index contributed by atoms with van der Waals surface area (Å²) in [6, 6.07) is 0. The molecule has 0 N–H and O–H groups in total. The first-order valence-corrected chi connectivity index (χ1v) is 0. The van der Waals surface area contributed by atoms with Crippen molar-refractivity contribution in [3.8, 4) is 0 Å². The van der Waals surface area contributed by atoms with Gasteiger partial charge in [-0.2, -0.15) is 0 Å². The predicted molar refractivity (Wildman–Crippen MR) is 0 cm³/mol. The molecule has 0 aliphatic rings. The van der Waals surface area contributed by atoms with Crippen LogP contribution in [0.4, 0.5) is 0 Å². The normalized spacial score (nSPS) is 0. The van der Waals surface area contributed by atoms with Crippen LogP contribution in [0.15, 0.2) is 0 Å². The Kier molecular flexibility index (Phi) is 38700. The summed E-state index contributed by atoms with van der Waals surface area (Å²) in [5.74, 6) is 0. The maximum atomic E-state index is 0. The summed E-state index contributed by atoms with van der Waals surface area (Å²) in [4.78, 5) is 0. The Balaban J connectivity index is 0. The molecule has 0 aromatic rings. The smallest absolute Gasteiger partial charge is 0 e. The largest absolute Gasteiger partial charge is 1.00 e. The Hall–Kier alpha value is 0.408. The van der Waals surface area contributed by atoms with Gasteiger partial charge < -0.3 is 18.8 Å². The van der Waals surface area contributed by atoms with Crippen molar-refractivity contribution in [3.05, 3.63) is 0 Å². The third-order valence-electron chi connectivity index (χ3n) is 0. The van der Waals surface area contributed by atoms with Gasteiger partial charge in [-0.1, -0.05) is 0 Å². The summed E-state index contributed by atoms with van der Waals surface area (Å²) in [6.07, 6.45) is 0. The number of hydrogen-bond acceptors (Lipinski definition) is 0. The van der Waals surface area contributed by atoms with E-state index in [9.17, 15) is 0 Å². The van der Waals surface area contributed by atoms with Gasteiger partial charge in [0.2, 0.25) is 0 Å². The molecule has 0 atom stereocenters. The van der Waals surface area contributed by atoms with Crippen molar-refractivity contribution in [2.24, 2.45) is 0 Å². The van der Waals surface area contributed by atoms with Crippen LogP contribution in [0, 0.1) is 0 Å². The van der Waals surface area contributed by atoms with Crippen LogP contribution >= 0.6 is 0 Å². The Morgan fingerprint density at radius 3 is 0.400 bits per heavy atom. The van der Waals surface area contributed by atoms with Crippen LogP contribution in [-0.4, -0.2) is 0 Å². The molecule has 0 bridgehead atoms. The molecule has 0 radical (unpaired) electrons. The molecule has 0 aliphatic carbocycles. The zero-order valence-electron chi connectivity index (χ0n) is 1.92. The molecule has 0 aromatic heterocycles. The van der Waals surface area contributed by atoms with E-state index in [-0.39, 0.29) is 39.9 Å². The fourth-order valence-electron chi connectivity index (χ4n) is 0. The molecule has 0 fully saturated rings. The second kappa shape index (κ2) is 307. The van der Waals surface area contributed by atoms with Gasteiger partial charge in [-0.25, -0.2) is 0 Å². The Bertz CT molecular complexity index is 3.61. The molecule has 0 heterocycles. The fraction of sp³-hybridized carbons (Fsp3) is 0. The summed E-state index contributed by atoms with van der Waals surface area (Å²) >= 11 is 0. The van der Waals surface area contributed by atoms with E-state index in [0.717, 1.165) is 0 Å². The van der Waals surface area contributed by atoms with Crippen molar-refractivity contribution in [2.75, 3.05) is 0 Å². The maximum absolute atomic E-state index is 0. The van der Waals surface area contributed by atoms with Gasteiger partial charge in [-0.15, -0.1) is 0 Å². The average Bonchev–Trinajstić information content (AvgIpc) is 0. The standard InChI is InChI=1S/4FH.Mo/h4*1H;/p-4. The Labute approximate surface area is 40.7 Å². The van der Waals surface area contributed by atoms with E-state index >= 15 is 0 Å². The minimum absolute atomic E-state index is 0. The van der Waals surface area contributed by atoms with Gasteiger partial charge in [0.05, 0.1) is 0 Å². The Morgan fingerprint density at radius 1 is 0.400 bits per heavy atom. The predicted octanol–water partition coefficient (Wildman–Crippen LogP) is -12.0. The molecule has 0 nitrogen and oxygen atoms in total. The third-order valence-corrected chi connectivity index (χ3v) is 0. The molecule has 0 aliphatic heterocycles. The van der Waals surface area contributed by atoms with E-state index in [0.29, 0.717) is 0 Å². The first-order valence-electron chi connectivity index (χ1n) is 0. The summed E-state index contributed by atoms with van der Waals surface area (Å²) in [5, 5.41) is 0. The molecule has 0 rings (SSSR count). The monoisotopic (exact) mass is 174 g/mol. The quantitative estimate of drug-likeness (QED) is 0.251. The molecule has 0 aromatic carbocycles. The molecule has 0 saturated heterocycles. The molecule has 0 spiro atoms. The molecule has 5 heavy (non-hydrogen) atoms. The van der Waals surface area contributed by atoms with Crippen molar-refractivity contribution < 1.29 is 39.9 Å². The molecular formula is F4Mo-4. The van der Waals surface area contributed by atoms with Crippen LogP contribution in [0.25, 0.3) is 0 Å². The van der Waals surface area contributed by atoms with Crippen molar-refractivity contribution in [1.82, 2.24) is 0 Å². The van der Waals surface area contributed by atoms with Crippen molar-refractivity contribution in [2.45, 2.75) is 0 Å². The van der Waals surface area contributed by atoms with Crippen LogP contribution in [0.3, 0.4) is 0 Å². The summed E-state index contributed by atoms with van der Waals surface area (Å²) < 4.78 is 0. The van der Waals surface area contributed by atoms with Gasteiger partial charge in [0.15, 0.2) is 0 Å². The van der Waals surface area contributed by atoms with Crippen molar-refractivity contribution >= 4 is 0 Å². The van der Waals surface area contributed by atoms with Gasteiger partial charge in [-0.3, -0.25) is 0 Å². The first-order chi connectivity index (χ1) is 0. The SMILES string of the molecule is [F-].[F-].[F-].[F-].[Mo]. The molecule has 0 unspecified atom stereocenters. The van der Waals surface area contributed by atoms with E-state index < -0.39 is 0 Å². The molecule has 5 heteroatoms. The van der Waals surface area contributed by atoms with Crippen molar-refractivity contribution in [1.29, 1.82) is 0 Å². The van der Waals surface area contributed by atoms with Crippen LogP contribution in [0.5, 0.6) is 0 Å². The molecular weight excluding hydrogens is 172 g/mol. The van der Waals surface area contributed by atoms with E-state index in [1.165, 1.54) is 0 Å². The van der Waals surface area contributed by atoms with Crippen LogP contribution in [0.1, 0.15) is 0 Å². The second-order valence-corrected chi connectivity index (χ2v) is 0. The minimum atomic E-state index is 0. The van der Waals surface area contributed by atoms with Gasteiger partial charge in [0, 0.05) is 21.1 Å². The number of halogens is 4. The second-order valence-electron chi connectivity index (χ2n) is 0. The van der Waals surface area contributed by atoms with E-state index in [2.05, 4.69) is 0 Å². The zero-order valence-corrected chi connectivity index (χ0v) is 3.93. The van der Waals surface area contributed by atoms with Crippen LogP contribution in [0.2, 0.25) is 0 Å². The van der Waals surface area contributed by atoms with Gasteiger partial charge in [0.1, 0.15) is 0 Å².